The summed E-state index contributed by atoms with van der Waals surface area (Å²) in [6.45, 7) is 0. The van der Waals surface area contributed by atoms with Crippen LogP contribution >= 0.6 is 15.9 Å². The molecule has 3 nitrogen and oxygen atoms in total. The van der Waals surface area contributed by atoms with Crippen LogP contribution in [0, 0.1) is 0 Å². The van der Waals surface area contributed by atoms with Gasteiger partial charge in [-0.3, -0.25) is 4.79 Å². The van der Waals surface area contributed by atoms with Gasteiger partial charge in [-0.1, -0.05) is 34.1 Å². The van der Waals surface area contributed by atoms with E-state index < -0.39 is 0 Å². The molecule has 0 fully saturated rings. The van der Waals surface area contributed by atoms with Crippen LogP contribution < -0.4 is 5.32 Å². The summed E-state index contributed by atoms with van der Waals surface area (Å²) < 4.78 is 0. The SMILES string of the molecule is O=C(Nc1ccccc1CBr)c1ccc(O)cc1. The number of carbonyl (C=O) groups excluding carboxylic acids is 1. The maximum absolute atomic E-state index is 12.0. The Balaban J connectivity index is 2.18. The first kappa shape index (κ1) is 12.6. The first-order valence-corrected chi connectivity index (χ1v) is 6.57. The molecule has 18 heavy (non-hydrogen) atoms. The largest absolute Gasteiger partial charge is 0.508 e. The van der Waals surface area contributed by atoms with Crippen molar-refractivity contribution in [1.29, 1.82) is 0 Å². The van der Waals surface area contributed by atoms with Crippen molar-refractivity contribution in [3.63, 3.8) is 0 Å². The smallest absolute Gasteiger partial charge is 0.255 e. The van der Waals surface area contributed by atoms with Gasteiger partial charge in [0, 0.05) is 16.6 Å². The zero-order valence-electron chi connectivity index (χ0n) is 9.56. The molecule has 92 valence electrons. The van der Waals surface area contributed by atoms with Crippen molar-refractivity contribution in [3.05, 3.63) is 59.7 Å². The molecular weight excluding hydrogens is 294 g/mol. The molecule has 0 unspecified atom stereocenters. The van der Waals surface area contributed by atoms with Gasteiger partial charge in [-0.25, -0.2) is 0 Å². The number of amides is 1. The highest BCUT2D eigenvalue weighted by Gasteiger charge is 2.08. The number of alkyl halides is 1. The van der Waals surface area contributed by atoms with E-state index in [1.165, 1.54) is 12.1 Å². The topological polar surface area (TPSA) is 49.3 Å². The normalized spacial score (nSPS) is 10.1. The molecule has 0 saturated carbocycles. The summed E-state index contributed by atoms with van der Waals surface area (Å²) in [7, 11) is 0. The monoisotopic (exact) mass is 305 g/mol. The van der Waals surface area contributed by atoms with E-state index in [1.807, 2.05) is 24.3 Å². The van der Waals surface area contributed by atoms with E-state index in [2.05, 4.69) is 21.2 Å². The minimum atomic E-state index is -0.191. The molecule has 4 heteroatoms. The van der Waals surface area contributed by atoms with Gasteiger partial charge < -0.3 is 10.4 Å². The number of halogens is 1. The zero-order valence-corrected chi connectivity index (χ0v) is 11.1. The van der Waals surface area contributed by atoms with Crippen LogP contribution in [0.1, 0.15) is 15.9 Å². The van der Waals surface area contributed by atoms with E-state index in [0.29, 0.717) is 10.9 Å². The van der Waals surface area contributed by atoms with Crippen LogP contribution in [0.15, 0.2) is 48.5 Å². The molecule has 2 rings (SSSR count). The lowest BCUT2D eigenvalue weighted by atomic mass is 10.1. The van der Waals surface area contributed by atoms with Crippen LogP contribution in [0.25, 0.3) is 0 Å². The Labute approximate surface area is 114 Å². The highest BCUT2D eigenvalue weighted by molar-refractivity contribution is 9.08. The Kier molecular flexibility index (Phi) is 3.99. The molecule has 0 aliphatic rings. The van der Waals surface area contributed by atoms with Gasteiger partial charge in [0.1, 0.15) is 5.75 Å². The zero-order chi connectivity index (χ0) is 13.0. The Bertz CT molecular complexity index is 552. The minimum Gasteiger partial charge on any atom is -0.508 e. The van der Waals surface area contributed by atoms with Gasteiger partial charge in [0.05, 0.1) is 0 Å². The lowest BCUT2D eigenvalue weighted by Gasteiger charge is -2.09. The van der Waals surface area contributed by atoms with Gasteiger partial charge in [-0.2, -0.15) is 0 Å². The van der Waals surface area contributed by atoms with E-state index >= 15 is 0 Å². The second-order valence-corrected chi connectivity index (χ2v) is 4.35. The number of hydrogen-bond donors (Lipinski definition) is 2. The van der Waals surface area contributed by atoms with Crippen LogP contribution in [0.4, 0.5) is 5.69 Å². The van der Waals surface area contributed by atoms with Crippen LogP contribution in [-0.4, -0.2) is 11.0 Å². The Morgan fingerprint density at radius 2 is 1.78 bits per heavy atom. The van der Waals surface area contributed by atoms with Crippen molar-refractivity contribution in [2.45, 2.75) is 5.33 Å². The summed E-state index contributed by atoms with van der Waals surface area (Å²) in [6, 6.07) is 13.8. The highest BCUT2D eigenvalue weighted by atomic mass is 79.9. The molecule has 2 N–H and O–H groups in total. The number of nitrogens with one attached hydrogen (secondary N) is 1. The van der Waals surface area contributed by atoms with E-state index in [1.54, 1.807) is 12.1 Å². The third-order valence-electron chi connectivity index (χ3n) is 2.54. The highest BCUT2D eigenvalue weighted by Crippen LogP contribution is 2.19. The van der Waals surface area contributed by atoms with Crippen molar-refractivity contribution >= 4 is 27.5 Å². The fourth-order valence-corrected chi connectivity index (χ4v) is 2.06. The molecule has 0 radical (unpaired) electrons. The Morgan fingerprint density at radius 3 is 2.44 bits per heavy atom. The minimum absolute atomic E-state index is 0.146. The van der Waals surface area contributed by atoms with E-state index in [4.69, 9.17) is 0 Å². The molecule has 0 saturated heterocycles. The third-order valence-corrected chi connectivity index (χ3v) is 3.14. The van der Waals surface area contributed by atoms with Gasteiger partial charge in [0.15, 0.2) is 0 Å². The molecule has 0 aliphatic heterocycles. The van der Waals surface area contributed by atoms with E-state index in [-0.39, 0.29) is 11.7 Å². The number of aromatic hydroxyl groups is 1. The van der Waals surface area contributed by atoms with Gasteiger partial charge in [-0.05, 0) is 35.9 Å². The quantitative estimate of drug-likeness (QED) is 0.852. The Morgan fingerprint density at radius 1 is 1.11 bits per heavy atom. The average Bonchev–Trinajstić information content (AvgIpc) is 2.40. The fraction of sp³-hybridized carbons (Fsp3) is 0.0714. The molecule has 2 aromatic carbocycles. The number of phenols is 1. The summed E-state index contributed by atoms with van der Waals surface area (Å²) in [6.07, 6.45) is 0. The molecule has 0 heterocycles. The van der Waals surface area contributed by atoms with Crippen molar-refractivity contribution in [2.75, 3.05) is 5.32 Å². The molecule has 0 atom stereocenters. The number of hydrogen-bond acceptors (Lipinski definition) is 2. The van der Waals surface area contributed by atoms with E-state index in [0.717, 1.165) is 11.3 Å². The van der Waals surface area contributed by atoms with E-state index in [9.17, 15) is 9.90 Å². The lowest BCUT2D eigenvalue weighted by Crippen LogP contribution is -2.12. The fourth-order valence-electron chi connectivity index (χ4n) is 1.57. The van der Waals surface area contributed by atoms with Crippen molar-refractivity contribution in [2.24, 2.45) is 0 Å². The van der Waals surface area contributed by atoms with Crippen molar-refractivity contribution in [3.8, 4) is 5.75 Å². The maximum Gasteiger partial charge on any atom is 0.255 e. The number of anilines is 1. The van der Waals surface area contributed by atoms with Gasteiger partial charge >= 0.3 is 0 Å². The molecule has 1 amide bonds. The summed E-state index contributed by atoms with van der Waals surface area (Å²) >= 11 is 3.38. The van der Waals surface area contributed by atoms with Crippen LogP contribution in [-0.2, 0) is 5.33 Å². The predicted molar refractivity (Wildman–Crippen MR) is 75.1 cm³/mol. The first-order valence-electron chi connectivity index (χ1n) is 5.45. The Hall–Kier alpha value is -1.81. The van der Waals surface area contributed by atoms with Crippen molar-refractivity contribution in [1.82, 2.24) is 0 Å². The van der Waals surface area contributed by atoms with Crippen molar-refractivity contribution < 1.29 is 9.90 Å². The summed E-state index contributed by atoms with van der Waals surface area (Å²) in [5.74, 6) is -0.0455. The number of benzene rings is 2. The van der Waals surface area contributed by atoms with Crippen LogP contribution in [0.5, 0.6) is 5.75 Å². The van der Waals surface area contributed by atoms with Gasteiger partial charge in [0.25, 0.3) is 5.91 Å². The summed E-state index contributed by atoms with van der Waals surface area (Å²) in [4.78, 5) is 12.0. The summed E-state index contributed by atoms with van der Waals surface area (Å²) in [5.41, 5.74) is 2.31. The third kappa shape index (κ3) is 2.90. The second kappa shape index (κ2) is 5.69. The van der Waals surface area contributed by atoms with Gasteiger partial charge in [0.2, 0.25) is 0 Å². The first-order chi connectivity index (χ1) is 8.70. The van der Waals surface area contributed by atoms with Gasteiger partial charge in [-0.15, -0.1) is 0 Å². The number of carbonyl (C=O) groups is 1. The standard InChI is InChI=1S/C14H12BrNO2/c15-9-11-3-1-2-4-13(11)16-14(18)10-5-7-12(17)8-6-10/h1-8,17H,9H2,(H,16,18). The molecule has 0 spiro atoms. The molecule has 0 aromatic heterocycles. The summed E-state index contributed by atoms with van der Waals surface area (Å²) in [5, 5.41) is 12.7. The molecule has 0 aliphatic carbocycles. The maximum atomic E-state index is 12.0. The molecular formula is C14H12BrNO2. The average molecular weight is 306 g/mol. The molecule has 2 aromatic rings. The predicted octanol–water partition coefficient (Wildman–Crippen LogP) is 3.54. The lowest BCUT2D eigenvalue weighted by molar-refractivity contribution is 0.102. The molecule has 0 bridgehead atoms. The number of para-hydroxylation sites is 1. The van der Waals surface area contributed by atoms with Crippen LogP contribution in [0.3, 0.4) is 0 Å². The van der Waals surface area contributed by atoms with Crippen LogP contribution in [0.2, 0.25) is 0 Å². The second-order valence-electron chi connectivity index (χ2n) is 3.79. The number of rotatable bonds is 3. The number of phenolic OH excluding ortho intramolecular Hbond substituents is 1.